The van der Waals surface area contributed by atoms with Crippen LogP contribution in [-0.4, -0.2) is 99.6 Å². The van der Waals surface area contributed by atoms with Crippen LogP contribution in [0, 0.1) is 0 Å². The Morgan fingerprint density at radius 1 is 0.506 bits per heavy atom. The van der Waals surface area contributed by atoms with Crippen molar-refractivity contribution in [1.29, 1.82) is 0 Å². The van der Waals surface area contributed by atoms with Crippen molar-refractivity contribution in [2.75, 3.05) is 13.2 Å². The van der Waals surface area contributed by atoms with E-state index in [9.17, 15) is 35.1 Å². The number of hydrogen-bond acceptors (Lipinski definition) is 10. The summed E-state index contributed by atoms with van der Waals surface area (Å²) >= 11 is 0. The number of carbonyl (C=O) groups excluding carboxylic acids is 2. The lowest BCUT2D eigenvalue weighted by molar-refractivity contribution is -0.305. The van der Waals surface area contributed by atoms with Crippen LogP contribution in [0.3, 0.4) is 0 Å². The van der Waals surface area contributed by atoms with Crippen molar-refractivity contribution in [1.82, 2.24) is 5.32 Å². The van der Waals surface area contributed by atoms with Gasteiger partial charge >= 0.3 is 5.97 Å². The van der Waals surface area contributed by atoms with Gasteiger partial charge in [0.25, 0.3) is 0 Å². The number of aliphatic hydroxyl groups is 5. The fourth-order valence-electron chi connectivity index (χ4n) is 9.67. The van der Waals surface area contributed by atoms with Gasteiger partial charge in [-0.3, -0.25) is 9.59 Å². The lowest BCUT2D eigenvalue weighted by Crippen LogP contribution is -2.61. The van der Waals surface area contributed by atoms with Gasteiger partial charge in [0.2, 0.25) is 5.91 Å². The van der Waals surface area contributed by atoms with Gasteiger partial charge in [-0.2, -0.15) is 0 Å². The zero-order chi connectivity index (χ0) is 57.5. The molecule has 79 heavy (non-hydrogen) atoms. The van der Waals surface area contributed by atoms with E-state index in [1.54, 1.807) is 6.08 Å². The minimum absolute atomic E-state index is 0.0980. The Labute approximate surface area is 483 Å². The molecule has 1 heterocycles. The highest BCUT2D eigenvalue weighted by atomic mass is 16.7. The third-order valence-electron chi connectivity index (χ3n) is 14.8. The van der Waals surface area contributed by atoms with Gasteiger partial charge in [0.1, 0.15) is 24.4 Å². The molecule has 1 amide bonds. The third-order valence-corrected chi connectivity index (χ3v) is 14.8. The highest BCUT2D eigenvalue weighted by Crippen LogP contribution is 2.26. The van der Waals surface area contributed by atoms with Crippen LogP contribution in [0.1, 0.15) is 271 Å². The van der Waals surface area contributed by atoms with Gasteiger partial charge in [-0.1, -0.05) is 254 Å². The summed E-state index contributed by atoms with van der Waals surface area (Å²) in [5.74, 6) is -1.22. The first-order valence-electron chi connectivity index (χ1n) is 32.4. The number of nitrogens with one attached hydrogen (secondary N) is 1. The van der Waals surface area contributed by atoms with Gasteiger partial charge in [-0.25, -0.2) is 0 Å². The molecule has 1 fully saturated rings. The molecule has 0 bridgehead atoms. The average molecular weight is 1110 g/mol. The summed E-state index contributed by atoms with van der Waals surface area (Å²) < 4.78 is 17.6. The molecule has 11 nitrogen and oxygen atoms in total. The summed E-state index contributed by atoms with van der Waals surface area (Å²) in [5.41, 5.74) is 0. The molecular weight excluding hydrogens is 991 g/mol. The maximum Gasteiger partial charge on any atom is 0.306 e. The molecule has 1 aliphatic rings. The number of aliphatic hydroxyl groups excluding tert-OH is 5. The molecule has 1 saturated heterocycles. The Bertz CT molecular complexity index is 1610. The topological polar surface area (TPSA) is 175 Å². The molecule has 11 heteroatoms. The quantitative estimate of drug-likeness (QED) is 0.0195. The Morgan fingerprint density at radius 2 is 0.911 bits per heavy atom. The second kappa shape index (κ2) is 55.4. The summed E-state index contributed by atoms with van der Waals surface area (Å²) in [5, 5.41) is 57.0. The Balaban J connectivity index is 2.65. The SMILES string of the molecule is CC/C=C\C/C=C\C/C=C\C/C=C\C/C=C\CCCCCCCC(=O)OC1C(OCC(NC(=O)C(O)CCCCCCCCCC/C=C/CCCCCCCC)C(O)/C=C/CCCCCCCCCCC)OC(CO)C(O)C1O. The summed E-state index contributed by atoms with van der Waals surface area (Å²) in [6.45, 7) is 5.66. The molecule has 1 rings (SSSR count). The van der Waals surface area contributed by atoms with E-state index in [0.29, 0.717) is 12.8 Å². The van der Waals surface area contributed by atoms with E-state index in [1.165, 1.54) is 116 Å². The number of esters is 1. The molecule has 0 radical (unpaired) electrons. The highest BCUT2D eigenvalue weighted by Gasteiger charge is 2.47. The molecule has 0 aromatic rings. The second-order valence-corrected chi connectivity index (χ2v) is 22.1. The van der Waals surface area contributed by atoms with Gasteiger partial charge < -0.3 is 45.1 Å². The van der Waals surface area contributed by atoms with E-state index in [-0.39, 0.29) is 19.4 Å². The van der Waals surface area contributed by atoms with Crippen molar-refractivity contribution in [3.8, 4) is 0 Å². The molecule has 8 atom stereocenters. The summed E-state index contributed by atoms with van der Waals surface area (Å²) in [7, 11) is 0. The molecule has 0 aromatic carbocycles. The van der Waals surface area contributed by atoms with Gasteiger partial charge in [-0.15, -0.1) is 0 Å². The number of hydrogen-bond donors (Lipinski definition) is 6. The average Bonchev–Trinajstić information content (AvgIpc) is 3.47. The number of unbranched alkanes of at least 4 members (excludes halogenated alkanes) is 28. The molecular formula is C68H119NO10. The van der Waals surface area contributed by atoms with Crippen molar-refractivity contribution in [2.45, 2.75) is 320 Å². The standard InChI is InChI=1S/C68H119NO10/c1-4-7-10-13-16-19-22-24-26-28-30-31-32-34-36-38-41-44-47-50-53-56-63(73)79-66-65(75)64(74)62(57-70)78-68(66)77-58-59(60(71)54-51-48-45-42-39-21-18-15-12-9-6-3)69-67(76)61(72)55-52-49-46-43-40-37-35-33-29-27-25-23-20-17-14-11-8-5-2/h7,10,16,19,24-27,30-31,34,36,51,54,59-62,64-66,68,70-72,74-75H,4-6,8-9,11-15,17-18,20-23,28-29,32-33,35,37-50,52-53,55-58H2,1-3H3,(H,69,76)/b10-7-,19-16-,26-24-,27-25+,31-30-,36-34-,54-51+. The highest BCUT2D eigenvalue weighted by molar-refractivity contribution is 5.80. The van der Waals surface area contributed by atoms with Crippen LogP contribution in [0.25, 0.3) is 0 Å². The van der Waals surface area contributed by atoms with Crippen molar-refractivity contribution in [3.63, 3.8) is 0 Å². The second-order valence-electron chi connectivity index (χ2n) is 22.1. The summed E-state index contributed by atoms with van der Waals surface area (Å²) in [6.07, 6.45) is 61.9. The lowest BCUT2D eigenvalue weighted by atomic mass is 9.99. The maximum atomic E-state index is 13.4. The molecule has 1 aliphatic heterocycles. The van der Waals surface area contributed by atoms with Crippen molar-refractivity contribution >= 4 is 11.9 Å². The monoisotopic (exact) mass is 1110 g/mol. The predicted octanol–water partition coefficient (Wildman–Crippen LogP) is 15.7. The van der Waals surface area contributed by atoms with Crippen LogP contribution < -0.4 is 5.32 Å². The van der Waals surface area contributed by atoms with E-state index in [0.717, 1.165) is 109 Å². The van der Waals surface area contributed by atoms with Crippen LogP contribution in [0.4, 0.5) is 0 Å². The largest absolute Gasteiger partial charge is 0.454 e. The molecule has 0 aliphatic carbocycles. The number of carbonyl (C=O) groups is 2. The Kier molecular flexibility index (Phi) is 51.8. The van der Waals surface area contributed by atoms with Gasteiger partial charge in [0.15, 0.2) is 12.4 Å². The Morgan fingerprint density at radius 3 is 1.38 bits per heavy atom. The zero-order valence-electron chi connectivity index (χ0n) is 50.5. The molecule has 0 saturated carbocycles. The normalized spacial score (nSPS) is 19.4. The maximum absolute atomic E-state index is 13.4. The first-order chi connectivity index (χ1) is 38.7. The van der Waals surface area contributed by atoms with Crippen molar-refractivity contribution < 1.29 is 49.3 Å². The van der Waals surface area contributed by atoms with Crippen LogP contribution in [0.15, 0.2) is 85.1 Å². The summed E-state index contributed by atoms with van der Waals surface area (Å²) in [4.78, 5) is 26.6. The summed E-state index contributed by atoms with van der Waals surface area (Å²) in [6, 6.07) is -1.03. The van der Waals surface area contributed by atoms with Gasteiger partial charge in [-0.05, 0) is 96.3 Å². The lowest BCUT2D eigenvalue weighted by Gasteiger charge is -2.41. The van der Waals surface area contributed by atoms with Crippen LogP contribution in [0.2, 0.25) is 0 Å². The molecule has 8 unspecified atom stereocenters. The van der Waals surface area contributed by atoms with Crippen molar-refractivity contribution in [2.24, 2.45) is 0 Å². The third kappa shape index (κ3) is 43.2. The number of rotatable bonds is 54. The number of ether oxygens (including phenoxy) is 3. The zero-order valence-corrected chi connectivity index (χ0v) is 50.5. The van der Waals surface area contributed by atoms with Crippen LogP contribution in [0.5, 0.6) is 0 Å². The molecule has 456 valence electrons. The minimum Gasteiger partial charge on any atom is -0.454 e. The number of allylic oxidation sites excluding steroid dienone is 13. The van der Waals surface area contributed by atoms with E-state index < -0.39 is 67.4 Å². The van der Waals surface area contributed by atoms with Gasteiger partial charge in [0.05, 0.1) is 25.4 Å². The first kappa shape index (κ1) is 73.9. The molecule has 0 aromatic heterocycles. The predicted molar refractivity (Wildman–Crippen MR) is 329 cm³/mol. The van der Waals surface area contributed by atoms with Crippen LogP contribution in [-0.2, 0) is 23.8 Å². The van der Waals surface area contributed by atoms with E-state index in [1.807, 2.05) is 6.08 Å². The number of amides is 1. The molecule has 6 N–H and O–H groups in total. The minimum atomic E-state index is -1.63. The molecule has 0 spiro atoms. The first-order valence-corrected chi connectivity index (χ1v) is 32.4. The van der Waals surface area contributed by atoms with E-state index >= 15 is 0 Å². The smallest absolute Gasteiger partial charge is 0.306 e. The van der Waals surface area contributed by atoms with Gasteiger partial charge in [0, 0.05) is 6.42 Å². The van der Waals surface area contributed by atoms with Crippen LogP contribution >= 0.6 is 0 Å². The fourth-order valence-corrected chi connectivity index (χ4v) is 9.67. The van der Waals surface area contributed by atoms with E-state index in [2.05, 4.69) is 99.0 Å². The fraction of sp³-hybridized carbons (Fsp3) is 0.765. The van der Waals surface area contributed by atoms with E-state index in [4.69, 9.17) is 14.2 Å². The Hall–Kier alpha value is -3.16. The van der Waals surface area contributed by atoms with Crippen molar-refractivity contribution in [3.05, 3.63) is 85.1 Å².